The summed E-state index contributed by atoms with van der Waals surface area (Å²) < 4.78 is 5.26. The Hall–Kier alpha value is -2.73. The van der Waals surface area contributed by atoms with Crippen LogP contribution in [-0.4, -0.2) is 58.0 Å². The summed E-state index contributed by atoms with van der Waals surface area (Å²) in [5.74, 6) is -0.794. The molecule has 7 N–H and O–H groups in total. The van der Waals surface area contributed by atoms with Gasteiger partial charge in [-0.15, -0.1) is 0 Å². The Morgan fingerprint density at radius 3 is 2.59 bits per heavy atom. The fraction of sp³-hybridized carbons (Fsp3) is 0.545. The Balaban J connectivity index is 3.17. The fourth-order valence-corrected chi connectivity index (χ4v) is 1.93. The quantitative estimate of drug-likeness (QED) is 0.146. The van der Waals surface area contributed by atoms with Crippen LogP contribution in [0.2, 0.25) is 0 Å². The Labute approximate surface area is 125 Å². The van der Waals surface area contributed by atoms with E-state index in [4.69, 9.17) is 26.3 Å². The van der Waals surface area contributed by atoms with Crippen LogP contribution in [0.15, 0.2) is 10.1 Å². The van der Waals surface area contributed by atoms with Crippen LogP contribution in [0, 0.1) is 33.5 Å². The van der Waals surface area contributed by atoms with Crippen molar-refractivity contribution in [2.45, 2.75) is 24.9 Å². The summed E-state index contributed by atoms with van der Waals surface area (Å²) in [6.07, 6.45) is -2.28. The van der Waals surface area contributed by atoms with Gasteiger partial charge in [0.1, 0.15) is 23.4 Å². The molecule has 1 fully saturated rings. The third kappa shape index (κ3) is 2.68. The van der Waals surface area contributed by atoms with E-state index in [2.05, 4.69) is 15.5 Å². The van der Waals surface area contributed by atoms with Gasteiger partial charge in [0.15, 0.2) is 6.23 Å². The highest BCUT2D eigenvalue weighted by atomic mass is 16.6. The van der Waals surface area contributed by atoms with E-state index in [-0.39, 0.29) is 5.84 Å². The normalized spacial score (nSPS) is 35.5. The molecule has 0 aromatic heterocycles. The van der Waals surface area contributed by atoms with Gasteiger partial charge in [-0.05, 0) is 12.1 Å². The van der Waals surface area contributed by atoms with Crippen LogP contribution in [0.25, 0.3) is 0 Å². The number of aliphatic hydroxyl groups excluding tert-OH is 2. The molecule has 1 saturated heterocycles. The third-order valence-electron chi connectivity index (χ3n) is 3.29. The van der Waals surface area contributed by atoms with Gasteiger partial charge >= 0.3 is 0 Å². The molecule has 11 nitrogen and oxygen atoms in total. The maximum absolute atomic E-state index is 10.2. The van der Waals surface area contributed by atoms with E-state index in [0.717, 1.165) is 0 Å². The summed E-state index contributed by atoms with van der Waals surface area (Å²) in [6.45, 7) is 0.445. The topological polar surface area (TPSA) is 204 Å². The first-order valence-electron chi connectivity index (χ1n) is 5.96. The zero-order chi connectivity index (χ0) is 17.0. The lowest BCUT2D eigenvalue weighted by atomic mass is 9.79. The number of nitriles is 2. The van der Waals surface area contributed by atoms with Gasteiger partial charge in [-0.25, -0.2) is 0 Å². The summed E-state index contributed by atoms with van der Waals surface area (Å²) in [5, 5.41) is 58.8. The van der Waals surface area contributed by atoms with Gasteiger partial charge in [-0.3, -0.25) is 0 Å². The second kappa shape index (κ2) is 6.36. The highest BCUT2D eigenvalue weighted by Crippen LogP contribution is 2.42. The second-order valence-electron chi connectivity index (χ2n) is 4.70. The van der Waals surface area contributed by atoms with Crippen molar-refractivity contribution in [3.8, 4) is 12.1 Å². The van der Waals surface area contributed by atoms with Crippen molar-refractivity contribution in [3.05, 3.63) is 0 Å². The average molecular weight is 309 g/mol. The summed E-state index contributed by atoms with van der Waals surface area (Å²) in [6, 6.07) is 3.43. The molecule has 0 spiro atoms. The number of aliphatic hydroxyl groups is 2. The van der Waals surface area contributed by atoms with Gasteiger partial charge in [-0.2, -0.15) is 15.5 Å². The number of guanidine groups is 1. The lowest BCUT2D eigenvalue weighted by Crippen LogP contribution is -2.48. The lowest BCUT2D eigenvalue weighted by molar-refractivity contribution is -0.0757. The molecule has 0 unspecified atom stereocenters. The highest BCUT2D eigenvalue weighted by molar-refractivity contribution is 6.29. The number of nitrogens with one attached hydrogen (secondary N) is 2. The standard InChI is InChI=1S/C11H15N7O4/c1-10(3-13)7(20)11(4-14,5-19)22-8(10)17-9(18-21)16-6(15)2-12/h2,7-8,12,19-21H,5H2,1H3,(H3,15,16,17,18)/t7-,8+,10+,11+/m0/s1. The molecule has 0 aliphatic carbocycles. The molecular weight excluding hydrogens is 294 g/mol. The first-order valence-corrected chi connectivity index (χ1v) is 5.96. The van der Waals surface area contributed by atoms with E-state index in [1.165, 1.54) is 6.92 Å². The first kappa shape index (κ1) is 17.3. The number of nitrogens with zero attached hydrogens (tertiary/aromatic N) is 4. The Kier molecular flexibility index (Phi) is 5.01. The minimum Gasteiger partial charge on any atom is -0.408 e. The number of rotatable bonds is 3. The molecular formula is C11H15N7O4. The number of hydrogen-bond donors (Lipinski definition) is 6. The predicted octanol–water partition coefficient (Wildman–Crippen LogP) is -2.17. The second-order valence-corrected chi connectivity index (χ2v) is 4.70. The maximum atomic E-state index is 10.2. The van der Waals surface area contributed by atoms with Crippen LogP contribution in [0.5, 0.6) is 0 Å². The zero-order valence-electron chi connectivity index (χ0n) is 11.6. The molecule has 0 radical (unpaired) electrons. The molecule has 1 heterocycles. The first-order chi connectivity index (χ1) is 10.3. The van der Waals surface area contributed by atoms with Crippen molar-refractivity contribution in [3.63, 3.8) is 0 Å². The van der Waals surface area contributed by atoms with Gasteiger partial charge < -0.3 is 36.6 Å². The number of ether oxygens (including phenoxy) is 1. The van der Waals surface area contributed by atoms with Crippen LogP contribution >= 0.6 is 0 Å². The molecule has 0 aromatic carbocycles. The lowest BCUT2D eigenvalue weighted by Gasteiger charge is -2.25. The third-order valence-corrected chi connectivity index (χ3v) is 3.29. The predicted molar refractivity (Wildman–Crippen MR) is 72.8 cm³/mol. The number of amidine groups is 1. The van der Waals surface area contributed by atoms with Crippen LogP contribution in [0.4, 0.5) is 0 Å². The summed E-state index contributed by atoms with van der Waals surface area (Å²) in [5.41, 5.74) is 1.62. The van der Waals surface area contributed by atoms with E-state index < -0.39 is 35.9 Å². The molecule has 0 saturated carbocycles. The monoisotopic (exact) mass is 309 g/mol. The Morgan fingerprint density at radius 2 is 2.18 bits per heavy atom. The number of aliphatic imine (C=N–C) groups is 1. The van der Waals surface area contributed by atoms with Crippen LogP contribution in [-0.2, 0) is 4.74 Å². The number of nitrogens with two attached hydrogens (primary N) is 1. The molecule has 4 atom stereocenters. The van der Waals surface area contributed by atoms with Crippen molar-refractivity contribution in [2.24, 2.45) is 21.3 Å². The maximum Gasteiger partial charge on any atom is 0.263 e. The van der Waals surface area contributed by atoms with E-state index in [1.54, 1.807) is 12.1 Å². The number of oxime groups is 1. The van der Waals surface area contributed by atoms with Crippen molar-refractivity contribution < 1.29 is 20.2 Å². The minimum atomic E-state index is -2.01. The largest absolute Gasteiger partial charge is 0.408 e. The van der Waals surface area contributed by atoms with E-state index >= 15 is 0 Å². The minimum absolute atomic E-state index is 0.300. The van der Waals surface area contributed by atoms with Gasteiger partial charge in [0.2, 0.25) is 5.60 Å². The van der Waals surface area contributed by atoms with Crippen molar-refractivity contribution >= 4 is 18.0 Å². The number of hydrogen-bond acceptors (Lipinski definition) is 8. The van der Waals surface area contributed by atoms with Gasteiger partial charge in [0.05, 0.1) is 18.9 Å². The average Bonchev–Trinajstić information content (AvgIpc) is 2.76. The fourth-order valence-electron chi connectivity index (χ4n) is 1.93. The SMILES string of the molecule is C[C@]1(C#N)[C@H](NC(=N/O)/N=C(/N)C=N)O[C@](C#N)(CO)[C@H]1O. The van der Waals surface area contributed by atoms with Crippen molar-refractivity contribution in [1.82, 2.24) is 5.32 Å². The van der Waals surface area contributed by atoms with Crippen molar-refractivity contribution in [2.75, 3.05) is 6.61 Å². The van der Waals surface area contributed by atoms with Crippen LogP contribution < -0.4 is 11.1 Å². The highest BCUT2D eigenvalue weighted by Gasteiger charge is 2.63. The van der Waals surface area contributed by atoms with E-state index in [0.29, 0.717) is 6.21 Å². The van der Waals surface area contributed by atoms with Crippen molar-refractivity contribution in [1.29, 1.82) is 15.9 Å². The Morgan fingerprint density at radius 1 is 1.55 bits per heavy atom. The van der Waals surface area contributed by atoms with Crippen LogP contribution in [0.1, 0.15) is 6.92 Å². The molecule has 0 amide bonds. The molecule has 22 heavy (non-hydrogen) atoms. The van der Waals surface area contributed by atoms with Crippen LogP contribution in [0.3, 0.4) is 0 Å². The molecule has 1 aliphatic rings. The summed E-state index contributed by atoms with van der Waals surface area (Å²) in [7, 11) is 0. The molecule has 1 rings (SSSR count). The van der Waals surface area contributed by atoms with Gasteiger partial charge in [0.25, 0.3) is 5.96 Å². The molecule has 0 bridgehead atoms. The van der Waals surface area contributed by atoms with E-state index in [1.807, 2.05) is 0 Å². The Bertz CT molecular complexity index is 592. The molecule has 0 aromatic rings. The summed E-state index contributed by atoms with van der Waals surface area (Å²) in [4.78, 5) is 3.53. The van der Waals surface area contributed by atoms with E-state index in [9.17, 15) is 15.5 Å². The molecule has 11 heteroatoms. The van der Waals surface area contributed by atoms with Gasteiger partial charge in [0, 0.05) is 0 Å². The summed E-state index contributed by atoms with van der Waals surface area (Å²) >= 11 is 0. The smallest absolute Gasteiger partial charge is 0.263 e. The molecule has 118 valence electrons. The zero-order valence-corrected chi connectivity index (χ0v) is 11.6. The molecule has 1 aliphatic heterocycles. The van der Waals surface area contributed by atoms with Gasteiger partial charge in [-0.1, -0.05) is 0 Å².